The number of aliphatic hydroxyl groups excluding tert-OH is 3. The van der Waals surface area contributed by atoms with E-state index in [1.165, 1.54) is 6.33 Å². The van der Waals surface area contributed by atoms with Crippen LogP contribution in [0.5, 0.6) is 0 Å². The quantitative estimate of drug-likeness (QED) is 0.486. The number of aromatic nitrogens is 4. The molecule has 0 aliphatic carbocycles. The average molecular weight is 368 g/mol. The lowest BCUT2D eigenvalue weighted by molar-refractivity contribution is -0.0489. The monoisotopic (exact) mass is 368 g/mol. The minimum Gasteiger partial charge on any atom is -0.463 e. The van der Waals surface area contributed by atoms with Crippen LogP contribution in [0.25, 0.3) is 33.5 Å². The molecule has 9 nitrogen and oxygen atoms in total. The summed E-state index contributed by atoms with van der Waals surface area (Å²) >= 11 is 0. The summed E-state index contributed by atoms with van der Waals surface area (Å²) in [6.45, 7) is -0.406. The molecule has 1 aliphatic heterocycles. The van der Waals surface area contributed by atoms with Gasteiger partial charge in [-0.25, -0.2) is 9.97 Å². The van der Waals surface area contributed by atoms with Crippen LogP contribution in [0.3, 0.4) is 0 Å². The van der Waals surface area contributed by atoms with Gasteiger partial charge in [-0.05, 0) is 24.3 Å². The van der Waals surface area contributed by atoms with Gasteiger partial charge < -0.3 is 24.5 Å². The Bertz CT molecular complexity index is 1110. The van der Waals surface area contributed by atoms with Crippen molar-refractivity contribution < 1.29 is 24.5 Å². The fraction of sp³-hybridized carbons (Fsp3) is 0.278. The maximum absolute atomic E-state index is 10.5. The van der Waals surface area contributed by atoms with Gasteiger partial charge >= 0.3 is 0 Å². The Labute approximate surface area is 152 Å². The van der Waals surface area contributed by atoms with Crippen molar-refractivity contribution in [3.05, 3.63) is 43.1 Å². The van der Waals surface area contributed by atoms with Crippen LogP contribution in [-0.2, 0) is 4.74 Å². The van der Waals surface area contributed by atoms with E-state index in [2.05, 4.69) is 15.0 Å². The zero-order valence-electron chi connectivity index (χ0n) is 14.0. The van der Waals surface area contributed by atoms with Crippen molar-refractivity contribution in [1.29, 1.82) is 0 Å². The normalized spacial score (nSPS) is 25.6. The molecule has 27 heavy (non-hydrogen) atoms. The van der Waals surface area contributed by atoms with Crippen LogP contribution < -0.4 is 0 Å². The number of furan rings is 1. The second-order valence-corrected chi connectivity index (χ2v) is 6.37. The molecule has 5 rings (SSSR count). The first-order chi connectivity index (χ1) is 13.2. The molecule has 0 radical (unpaired) electrons. The summed E-state index contributed by atoms with van der Waals surface area (Å²) in [7, 11) is 0. The molecule has 138 valence electrons. The third-order valence-electron chi connectivity index (χ3n) is 4.86. The van der Waals surface area contributed by atoms with Gasteiger partial charge in [0.1, 0.15) is 41.5 Å². The molecular formula is C18H16N4O5. The predicted molar refractivity (Wildman–Crippen MR) is 93.5 cm³/mol. The van der Waals surface area contributed by atoms with Crippen LogP contribution in [0.1, 0.15) is 6.23 Å². The number of hydrogen-bond donors (Lipinski definition) is 3. The molecule has 5 heterocycles. The standard InChI is InChI=1S/C18H16N4O5/c23-7-11-15(24)16(25)18(27-11)22-9-3-1-5-19-13(9)12-14(10-4-2-6-26-10)20-8-21-17(12)22/h1-6,8,11,15-16,18,23-25H,7H2/t11-,15-,16-,18-/m1/s1. The van der Waals surface area contributed by atoms with Gasteiger partial charge in [0.25, 0.3) is 0 Å². The number of ether oxygens (including phenoxy) is 1. The van der Waals surface area contributed by atoms with Crippen LogP contribution >= 0.6 is 0 Å². The fourth-order valence-electron chi connectivity index (χ4n) is 3.63. The zero-order valence-corrected chi connectivity index (χ0v) is 14.0. The predicted octanol–water partition coefficient (Wildman–Crippen LogP) is 0.851. The van der Waals surface area contributed by atoms with Crippen molar-refractivity contribution in [2.24, 2.45) is 0 Å². The van der Waals surface area contributed by atoms with Gasteiger partial charge in [-0.15, -0.1) is 0 Å². The van der Waals surface area contributed by atoms with Crippen molar-refractivity contribution >= 4 is 22.1 Å². The molecule has 0 saturated carbocycles. The Balaban J connectivity index is 1.82. The number of hydrogen-bond acceptors (Lipinski definition) is 8. The largest absolute Gasteiger partial charge is 0.463 e. The average Bonchev–Trinajstić information content (AvgIpc) is 3.40. The molecule has 1 saturated heterocycles. The van der Waals surface area contributed by atoms with Gasteiger partial charge in [-0.1, -0.05) is 0 Å². The van der Waals surface area contributed by atoms with E-state index < -0.39 is 31.1 Å². The van der Waals surface area contributed by atoms with Crippen molar-refractivity contribution in [1.82, 2.24) is 19.5 Å². The molecule has 4 atom stereocenters. The van der Waals surface area contributed by atoms with E-state index in [1.54, 1.807) is 35.2 Å². The molecule has 4 aromatic heterocycles. The second-order valence-electron chi connectivity index (χ2n) is 6.37. The number of pyridine rings is 1. The van der Waals surface area contributed by atoms with Gasteiger partial charge in [0.05, 0.1) is 23.8 Å². The third kappa shape index (κ3) is 2.30. The number of aliphatic hydroxyl groups is 3. The highest BCUT2D eigenvalue weighted by molar-refractivity contribution is 6.10. The van der Waals surface area contributed by atoms with Crippen molar-refractivity contribution in [3.8, 4) is 11.5 Å². The first kappa shape index (κ1) is 16.3. The summed E-state index contributed by atoms with van der Waals surface area (Å²) in [5.41, 5.74) is 2.34. The summed E-state index contributed by atoms with van der Waals surface area (Å²) in [4.78, 5) is 13.2. The van der Waals surface area contributed by atoms with Gasteiger partial charge in [0.2, 0.25) is 0 Å². The molecule has 0 aromatic carbocycles. The van der Waals surface area contributed by atoms with Crippen molar-refractivity contribution in [2.45, 2.75) is 24.5 Å². The summed E-state index contributed by atoms with van der Waals surface area (Å²) in [6, 6.07) is 7.14. The van der Waals surface area contributed by atoms with Crippen molar-refractivity contribution in [3.63, 3.8) is 0 Å². The minimum absolute atomic E-state index is 0.406. The van der Waals surface area contributed by atoms with Crippen LogP contribution in [0.4, 0.5) is 0 Å². The highest BCUT2D eigenvalue weighted by Gasteiger charge is 2.44. The fourth-order valence-corrected chi connectivity index (χ4v) is 3.63. The lowest BCUT2D eigenvalue weighted by Crippen LogP contribution is -2.33. The molecule has 0 bridgehead atoms. The molecule has 9 heteroatoms. The van der Waals surface area contributed by atoms with Crippen LogP contribution in [0.15, 0.2) is 47.5 Å². The number of nitrogens with zero attached hydrogens (tertiary/aromatic N) is 4. The SMILES string of the molecule is OC[C@H]1O[C@@H](n2c3cccnc3c3c(-c4ccco4)ncnc32)[C@H](O)[C@@H]1O. The summed E-state index contributed by atoms with van der Waals surface area (Å²) in [5.74, 6) is 0.563. The second kappa shape index (κ2) is 6.10. The molecule has 0 spiro atoms. The lowest BCUT2D eigenvalue weighted by Gasteiger charge is -2.18. The van der Waals surface area contributed by atoms with Crippen LogP contribution in [0, 0.1) is 0 Å². The zero-order chi connectivity index (χ0) is 18.5. The molecule has 1 fully saturated rings. The molecule has 4 aromatic rings. The van der Waals surface area contributed by atoms with Crippen LogP contribution in [0.2, 0.25) is 0 Å². The Morgan fingerprint density at radius 2 is 1.96 bits per heavy atom. The summed E-state index contributed by atoms with van der Waals surface area (Å²) < 4.78 is 12.9. The Morgan fingerprint density at radius 3 is 2.70 bits per heavy atom. The lowest BCUT2D eigenvalue weighted by atomic mass is 10.1. The number of rotatable bonds is 3. The van der Waals surface area contributed by atoms with E-state index in [9.17, 15) is 15.3 Å². The van der Waals surface area contributed by atoms with E-state index in [1.807, 2.05) is 6.07 Å². The molecule has 0 unspecified atom stereocenters. The van der Waals surface area contributed by atoms with E-state index >= 15 is 0 Å². The van der Waals surface area contributed by atoms with Gasteiger partial charge in [0, 0.05) is 6.20 Å². The van der Waals surface area contributed by atoms with E-state index in [0.717, 1.165) is 0 Å². The Morgan fingerprint density at radius 1 is 1.07 bits per heavy atom. The molecule has 0 amide bonds. The van der Waals surface area contributed by atoms with E-state index in [4.69, 9.17) is 9.15 Å². The van der Waals surface area contributed by atoms with Gasteiger partial charge in [0.15, 0.2) is 12.0 Å². The smallest absolute Gasteiger partial charge is 0.165 e. The first-order valence-corrected chi connectivity index (χ1v) is 8.46. The Kier molecular flexibility index (Phi) is 3.69. The highest BCUT2D eigenvalue weighted by Crippen LogP contribution is 2.39. The topological polar surface area (TPSA) is 127 Å². The maximum atomic E-state index is 10.5. The molecule has 1 aliphatic rings. The van der Waals surface area contributed by atoms with Crippen LogP contribution in [-0.4, -0.2) is 59.8 Å². The van der Waals surface area contributed by atoms with E-state index in [-0.39, 0.29) is 0 Å². The van der Waals surface area contributed by atoms with Gasteiger partial charge in [-0.2, -0.15) is 0 Å². The first-order valence-electron chi connectivity index (χ1n) is 8.46. The highest BCUT2D eigenvalue weighted by atomic mass is 16.6. The summed E-state index contributed by atoms with van der Waals surface area (Å²) in [6.07, 6.45) is 0.348. The van der Waals surface area contributed by atoms with E-state index in [0.29, 0.717) is 33.5 Å². The minimum atomic E-state index is -1.23. The molecule has 3 N–H and O–H groups in total. The maximum Gasteiger partial charge on any atom is 0.165 e. The number of fused-ring (bicyclic) bond motifs is 3. The van der Waals surface area contributed by atoms with Crippen molar-refractivity contribution in [2.75, 3.05) is 6.61 Å². The Hall–Kier alpha value is -2.85. The molecular weight excluding hydrogens is 352 g/mol. The third-order valence-corrected chi connectivity index (χ3v) is 4.86. The summed E-state index contributed by atoms with van der Waals surface area (Å²) in [5, 5.41) is 30.7. The van der Waals surface area contributed by atoms with Gasteiger partial charge in [-0.3, -0.25) is 9.55 Å².